The molecule has 1 aromatic carbocycles. The first-order chi connectivity index (χ1) is 58.5. The van der Waals surface area contributed by atoms with E-state index in [2.05, 4.69) is 79.8 Å². The fraction of sp³-hybridized carbons (Fsp3) is 0.744. The molecule has 17 atom stereocenters. The van der Waals surface area contributed by atoms with Crippen molar-refractivity contribution in [1.82, 2.24) is 79.8 Å². The monoisotopic (exact) mass is 1750 g/mol. The normalized spacial score (nSPS) is 15.6. The Morgan fingerprint density at radius 1 is 0.274 bits per heavy atom. The second kappa shape index (κ2) is 61.0. The van der Waals surface area contributed by atoms with E-state index in [4.69, 9.17) is 40.1 Å². The lowest BCUT2D eigenvalue weighted by atomic mass is 9.95. The Bertz CT molecular complexity index is 3500. The molecule has 1 rings (SSSR count). The van der Waals surface area contributed by atoms with Crippen LogP contribution in [0.5, 0.6) is 0 Å². The Labute approximate surface area is 734 Å². The standard InChI is InChI=1S/C86H156N22O16/c1-17-53(13)70(107-83(121)68(51(9)10)104-74(112)56(16)94-80(118)65(46-57-32-20-19-21-33-57)103-81(119)64(45-49(5)6)96-66(109)47-92)85(123)101-60(36-24-29-41-89)76(114)99-62(38-26-31-43-91)79(117)105-67(50(7)8)82(120)95-55(15)73(111)97-61(37-25-30-42-90)78(116)106-69(52(11)12)84(122)108-71(54(14)18-2)86(124)100-59(35-23-28-40-88)75(113)98-58(34-22-27-39-87)77(115)102-63(72(93)110)44-48(3)4/h19-21,32-33,48-56,58-65,67-71H,17-18,22-31,34-47,87-92H2,1-16H3,(H2,93,110)(H,94,118)(H,95,120)(H,96,109)(H,97,111)(H,98,113)(H,99,114)(H,100,124)(H,101,123)(H,102,115)(H,103,119)(H,104,112)(H,105,117)(H,106,116)(H,107,121)(H,108,122)/t53-,54-,55-,56-,58-,59-,60-,61-,62-,63-,64-,65-,67-,68-,69-,70-,71-/m0/s1. The first-order valence-electron chi connectivity index (χ1n) is 44.6. The fourth-order valence-corrected chi connectivity index (χ4v) is 13.5. The van der Waals surface area contributed by atoms with Crippen molar-refractivity contribution in [1.29, 1.82) is 0 Å². The third-order valence-corrected chi connectivity index (χ3v) is 21.6. The fourth-order valence-electron chi connectivity index (χ4n) is 13.5. The minimum Gasteiger partial charge on any atom is -0.368 e. The van der Waals surface area contributed by atoms with E-state index in [0.29, 0.717) is 89.2 Å². The number of carbonyl (C=O) groups excluding carboxylic acids is 16. The molecule has 29 N–H and O–H groups in total. The molecule has 706 valence electrons. The van der Waals surface area contributed by atoms with E-state index in [-0.39, 0.29) is 95.9 Å². The Morgan fingerprint density at radius 3 is 0.839 bits per heavy atom. The Hall–Kier alpha value is -9.50. The van der Waals surface area contributed by atoms with Gasteiger partial charge in [-0.3, -0.25) is 76.7 Å². The van der Waals surface area contributed by atoms with Crippen molar-refractivity contribution >= 4 is 94.5 Å². The zero-order valence-electron chi connectivity index (χ0n) is 76.5. The van der Waals surface area contributed by atoms with Gasteiger partial charge in [-0.25, -0.2) is 0 Å². The van der Waals surface area contributed by atoms with Crippen LogP contribution in [-0.4, -0.2) is 224 Å². The molecule has 0 unspecified atom stereocenters. The molecule has 0 saturated carbocycles. The Morgan fingerprint density at radius 2 is 0.524 bits per heavy atom. The van der Waals surface area contributed by atoms with E-state index in [1.807, 2.05) is 27.7 Å². The van der Waals surface area contributed by atoms with E-state index >= 15 is 0 Å². The van der Waals surface area contributed by atoms with Crippen LogP contribution in [0, 0.1) is 41.4 Å². The molecule has 0 aliphatic carbocycles. The lowest BCUT2D eigenvalue weighted by Crippen LogP contribution is -2.62. The van der Waals surface area contributed by atoms with Crippen LogP contribution in [-0.2, 0) is 83.1 Å². The molecule has 38 nitrogen and oxygen atoms in total. The quantitative estimate of drug-likeness (QED) is 0.0340. The molecular formula is C86H156N22O16. The van der Waals surface area contributed by atoms with Gasteiger partial charge in [-0.2, -0.15) is 0 Å². The van der Waals surface area contributed by atoms with E-state index in [1.165, 1.54) is 13.8 Å². The van der Waals surface area contributed by atoms with Gasteiger partial charge in [-0.15, -0.1) is 0 Å². The van der Waals surface area contributed by atoms with Crippen LogP contribution in [0.2, 0.25) is 0 Å². The molecule has 38 heteroatoms. The van der Waals surface area contributed by atoms with Crippen LogP contribution >= 0.6 is 0 Å². The van der Waals surface area contributed by atoms with Crippen LogP contribution in [0.25, 0.3) is 0 Å². The number of amides is 16. The predicted molar refractivity (Wildman–Crippen MR) is 476 cm³/mol. The highest BCUT2D eigenvalue weighted by Crippen LogP contribution is 2.19. The van der Waals surface area contributed by atoms with Gasteiger partial charge in [0, 0.05) is 6.42 Å². The van der Waals surface area contributed by atoms with Crippen molar-refractivity contribution in [3.05, 3.63) is 35.9 Å². The summed E-state index contributed by atoms with van der Waals surface area (Å²) in [6.45, 7) is 28.0. The highest BCUT2D eigenvalue weighted by Gasteiger charge is 2.40. The third kappa shape index (κ3) is 42.5. The van der Waals surface area contributed by atoms with Crippen molar-refractivity contribution in [3.8, 4) is 0 Å². The summed E-state index contributed by atoms with van der Waals surface area (Å²) in [6.07, 6.45) is 5.59. The molecule has 0 saturated heterocycles. The molecule has 0 aromatic heterocycles. The molecule has 0 heterocycles. The number of hydrogen-bond donors (Lipinski definition) is 22. The zero-order chi connectivity index (χ0) is 94.0. The first kappa shape index (κ1) is 113. The molecule has 0 aliphatic rings. The van der Waals surface area contributed by atoms with Gasteiger partial charge in [0.2, 0.25) is 94.5 Å². The number of primary amides is 1. The molecule has 0 radical (unpaired) electrons. The van der Waals surface area contributed by atoms with Crippen molar-refractivity contribution in [3.63, 3.8) is 0 Å². The lowest BCUT2D eigenvalue weighted by Gasteiger charge is -2.31. The van der Waals surface area contributed by atoms with Crippen molar-refractivity contribution < 1.29 is 76.7 Å². The molecule has 0 fully saturated rings. The molecule has 124 heavy (non-hydrogen) atoms. The van der Waals surface area contributed by atoms with E-state index in [1.54, 1.807) is 99.6 Å². The topological polar surface area (TPSA) is 636 Å². The maximum atomic E-state index is 14.7. The molecule has 0 spiro atoms. The van der Waals surface area contributed by atoms with E-state index < -0.39 is 215 Å². The number of carbonyl (C=O) groups is 16. The summed E-state index contributed by atoms with van der Waals surface area (Å²) in [5, 5.41) is 40.9. The summed E-state index contributed by atoms with van der Waals surface area (Å²) in [5.41, 5.74) is 41.1. The highest BCUT2D eigenvalue weighted by molar-refractivity contribution is 6.01. The Kier molecular flexibility index (Phi) is 55.3. The van der Waals surface area contributed by atoms with Crippen LogP contribution in [0.1, 0.15) is 238 Å². The van der Waals surface area contributed by atoms with E-state index in [0.717, 1.165) is 0 Å². The SMILES string of the molecule is CC[C@H](C)[C@H](NC(=O)[C@@H](NC(=O)[C@H](C)NC(=O)[C@H](Cc1ccccc1)NC(=O)[C@H](CC(C)C)NC(=O)CN)C(C)C)C(=O)N[C@@H](CCCCN)C(=O)N[C@@H](CCCCN)C(=O)N[C@H](C(=O)N[C@@H](C)C(=O)N[C@@H](CCCCN)C(=O)N[C@H](C(=O)N[C@H](C(=O)N[C@@H](CCCCN)C(=O)N[C@@H](CCCCN)C(=O)N[C@@H](CC(C)C)C(N)=O)[C@@H](C)CC)C(C)C)C(C)C. The average Bonchev–Trinajstić information content (AvgIpc) is 0.845. The minimum absolute atomic E-state index is 0.00418. The van der Waals surface area contributed by atoms with Gasteiger partial charge in [0.15, 0.2) is 0 Å². The van der Waals surface area contributed by atoms with Gasteiger partial charge in [0.05, 0.1) is 6.54 Å². The van der Waals surface area contributed by atoms with Crippen LogP contribution in [0.15, 0.2) is 30.3 Å². The predicted octanol–water partition coefficient (Wildman–Crippen LogP) is -1.22. The number of rotatable bonds is 64. The molecule has 0 bridgehead atoms. The summed E-state index contributed by atoms with van der Waals surface area (Å²) in [6, 6.07) is -9.93. The van der Waals surface area contributed by atoms with Gasteiger partial charge in [-0.1, -0.05) is 140 Å². The van der Waals surface area contributed by atoms with Crippen LogP contribution in [0.4, 0.5) is 0 Å². The third-order valence-electron chi connectivity index (χ3n) is 21.6. The van der Waals surface area contributed by atoms with Crippen LogP contribution in [0.3, 0.4) is 0 Å². The molecular weight excluding hydrogens is 1600 g/mol. The molecule has 16 amide bonds. The lowest BCUT2D eigenvalue weighted by molar-refractivity contribution is -0.137. The maximum absolute atomic E-state index is 14.7. The van der Waals surface area contributed by atoms with Gasteiger partial charge in [0.1, 0.15) is 90.6 Å². The summed E-state index contributed by atoms with van der Waals surface area (Å²) < 4.78 is 0. The minimum atomic E-state index is -1.36. The largest absolute Gasteiger partial charge is 0.368 e. The summed E-state index contributed by atoms with van der Waals surface area (Å²) in [5.74, 6) is -14.9. The second-order valence-corrected chi connectivity index (χ2v) is 34.4. The Balaban J connectivity index is 3.57. The summed E-state index contributed by atoms with van der Waals surface area (Å²) in [4.78, 5) is 225. The van der Waals surface area contributed by atoms with Crippen molar-refractivity contribution in [2.24, 2.45) is 81.6 Å². The molecule has 0 aliphatic heterocycles. The number of hydrogen-bond acceptors (Lipinski definition) is 22. The van der Waals surface area contributed by atoms with Gasteiger partial charge in [0.25, 0.3) is 0 Å². The number of benzene rings is 1. The first-order valence-corrected chi connectivity index (χ1v) is 44.6. The zero-order valence-corrected chi connectivity index (χ0v) is 76.5. The average molecular weight is 1750 g/mol. The van der Waals surface area contributed by atoms with E-state index in [9.17, 15) is 76.7 Å². The highest BCUT2D eigenvalue weighted by atomic mass is 16.2. The van der Waals surface area contributed by atoms with Crippen LogP contribution < -0.4 is 120 Å². The molecule has 1 aromatic rings. The second-order valence-electron chi connectivity index (χ2n) is 34.4. The summed E-state index contributed by atoms with van der Waals surface area (Å²) in [7, 11) is 0. The number of nitrogens with two attached hydrogens (primary N) is 7. The smallest absolute Gasteiger partial charge is 0.243 e. The number of nitrogens with one attached hydrogen (secondary N) is 15. The van der Waals surface area contributed by atoms with Crippen molar-refractivity contribution in [2.45, 2.75) is 330 Å². The van der Waals surface area contributed by atoms with Gasteiger partial charge < -0.3 is 120 Å². The summed E-state index contributed by atoms with van der Waals surface area (Å²) >= 11 is 0. The van der Waals surface area contributed by atoms with Gasteiger partial charge >= 0.3 is 0 Å². The number of unbranched alkanes of at least 4 members (excludes halogenated alkanes) is 5. The van der Waals surface area contributed by atoms with Crippen molar-refractivity contribution in [2.75, 3.05) is 39.3 Å². The van der Waals surface area contributed by atoms with Gasteiger partial charge in [-0.05, 0) is 203 Å². The maximum Gasteiger partial charge on any atom is 0.243 e.